The standard InChI is InChI=1S/C20H22FN/c21-15-1-3-17-5-9-19(10-6-17)13-14-20-11-7-18(8-12-20)4-2-16-22/h5-12H,1-4,13-15H2. The number of alkyl halides is 1. The van der Waals surface area contributed by atoms with E-state index in [4.69, 9.17) is 5.26 Å². The molecule has 0 aliphatic rings. The summed E-state index contributed by atoms with van der Waals surface area (Å²) in [6, 6.07) is 19.2. The van der Waals surface area contributed by atoms with Crippen LogP contribution in [0.1, 0.15) is 35.1 Å². The SMILES string of the molecule is N#CCCc1ccc(CCc2ccc(CCCF)cc2)cc1. The fourth-order valence-electron chi connectivity index (χ4n) is 2.51. The molecular formula is C20H22FN. The van der Waals surface area contributed by atoms with Crippen LogP contribution in [0.25, 0.3) is 0 Å². The van der Waals surface area contributed by atoms with Crippen molar-refractivity contribution in [1.82, 2.24) is 0 Å². The van der Waals surface area contributed by atoms with E-state index in [1.807, 2.05) is 0 Å². The highest BCUT2D eigenvalue weighted by atomic mass is 19.1. The Morgan fingerprint density at radius 3 is 1.50 bits per heavy atom. The highest BCUT2D eigenvalue weighted by Gasteiger charge is 1.99. The quantitative estimate of drug-likeness (QED) is 0.684. The number of halogens is 1. The minimum Gasteiger partial charge on any atom is -0.251 e. The maximum atomic E-state index is 12.1. The average Bonchev–Trinajstić information content (AvgIpc) is 2.58. The predicted octanol–water partition coefficient (Wildman–Crippen LogP) is 4.83. The van der Waals surface area contributed by atoms with Gasteiger partial charge in [0.05, 0.1) is 12.7 Å². The van der Waals surface area contributed by atoms with E-state index in [-0.39, 0.29) is 6.67 Å². The van der Waals surface area contributed by atoms with Gasteiger partial charge in [0, 0.05) is 6.42 Å². The summed E-state index contributed by atoms with van der Waals surface area (Å²) in [5, 5.41) is 8.59. The Labute approximate surface area is 132 Å². The molecule has 0 atom stereocenters. The van der Waals surface area contributed by atoms with Crippen LogP contribution in [0.2, 0.25) is 0 Å². The Morgan fingerprint density at radius 2 is 1.09 bits per heavy atom. The molecule has 2 aromatic rings. The molecule has 2 heteroatoms. The van der Waals surface area contributed by atoms with Gasteiger partial charge in [-0.1, -0.05) is 48.5 Å². The zero-order valence-corrected chi connectivity index (χ0v) is 12.9. The van der Waals surface area contributed by atoms with Crippen molar-refractivity contribution in [2.75, 3.05) is 6.67 Å². The van der Waals surface area contributed by atoms with Gasteiger partial charge in [0.25, 0.3) is 0 Å². The largest absolute Gasteiger partial charge is 0.251 e. The van der Waals surface area contributed by atoms with Gasteiger partial charge in [0.15, 0.2) is 0 Å². The van der Waals surface area contributed by atoms with Crippen LogP contribution in [-0.4, -0.2) is 6.67 Å². The van der Waals surface area contributed by atoms with Crippen LogP contribution in [0.4, 0.5) is 4.39 Å². The first-order chi connectivity index (χ1) is 10.8. The van der Waals surface area contributed by atoms with Crippen LogP contribution in [-0.2, 0) is 25.7 Å². The minimum absolute atomic E-state index is 0.244. The van der Waals surface area contributed by atoms with E-state index in [0.717, 1.165) is 25.7 Å². The highest BCUT2D eigenvalue weighted by molar-refractivity contribution is 5.26. The lowest BCUT2D eigenvalue weighted by atomic mass is 10.0. The van der Waals surface area contributed by atoms with Crippen LogP contribution in [0.15, 0.2) is 48.5 Å². The summed E-state index contributed by atoms with van der Waals surface area (Å²) >= 11 is 0. The van der Waals surface area contributed by atoms with Crippen LogP contribution in [0.3, 0.4) is 0 Å². The van der Waals surface area contributed by atoms with Crippen molar-refractivity contribution in [2.45, 2.75) is 38.5 Å². The molecule has 0 saturated carbocycles. The van der Waals surface area contributed by atoms with Crippen molar-refractivity contribution >= 4 is 0 Å². The van der Waals surface area contributed by atoms with Gasteiger partial charge in [-0.15, -0.1) is 0 Å². The predicted molar refractivity (Wildman–Crippen MR) is 88.5 cm³/mol. The van der Waals surface area contributed by atoms with Gasteiger partial charge in [0.1, 0.15) is 0 Å². The van der Waals surface area contributed by atoms with Gasteiger partial charge in [-0.2, -0.15) is 5.26 Å². The van der Waals surface area contributed by atoms with Crippen LogP contribution < -0.4 is 0 Å². The number of hydrogen-bond acceptors (Lipinski definition) is 1. The number of nitriles is 1. The third kappa shape index (κ3) is 5.33. The molecule has 0 N–H and O–H groups in total. The van der Waals surface area contributed by atoms with E-state index in [1.54, 1.807) is 0 Å². The van der Waals surface area contributed by atoms with Crippen molar-refractivity contribution in [1.29, 1.82) is 5.26 Å². The highest BCUT2D eigenvalue weighted by Crippen LogP contribution is 2.12. The molecule has 0 saturated heterocycles. The van der Waals surface area contributed by atoms with Gasteiger partial charge in [-0.05, 0) is 54.4 Å². The monoisotopic (exact) mass is 295 g/mol. The van der Waals surface area contributed by atoms with Gasteiger partial charge in [-0.25, -0.2) is 0 Å². The summed E-state index contributed by atoms with van der Waals surface area (Å²) in [5.41, 5.74) is 5.07. The maximum Gasteiger partial charge on any atom is 0.0897 e. The summed E-state index contributed by atoms with van der Waals surface area (Å²) in [6.45, 7) is -0.244. The van der Waals surface area contributed by atoms with Crippen LogP contribution >= 0.6 is 0 Å². The average molecular weight is 295 g/mol. The van der Waals surface area contributed by atoms with Gasteiger partial charge in [0.2, 0.25) is 0 Å². The molecule has 0 aliphatic heterocycles. The van der Waals surface area contributed by atoms with Gasteiger partial charge in [-0.3, -0.25) is 4.39 Å². The number of aryl methyl sites for hydroxylation is 4. The normalized spacial score (nSPS) is 10.4. The zero-order chi connectivity index (χ0) is 15.6. The lowest BCUT2D eigenvalue weighted by molar-refractivity contribution is 0.473. The van der Waals surface area contributed by atoms with Gasteiger partial charge < -0.3 is 0 Å². The minimum atomic E-state index is -0.244. The first-order valence-electron chi connectivity index (χ1n) is 7.90. The molecule has 114 valence electrons. The summed E-state index contributed by atoms with van der Waals surface area (Å²) in [5.74, 6) is 0. The Bertz CT molecular complexity index is 593. The molecule has 2 aromatic carbocycles. The lowest BCUT2D eigenvalue weighted by Gasteiger charge is -2.05. The number of rotatable bonds is 8. The number of benzene rings is 2. The van der Waals surface area contributed by atoms with Crippen molar-refractivity contribution in [3.05, 3.63) is 70.8 Å². The van der Waals surface area contributed by atoms with E-state index >= 15 is 0 Å². The molecule has 22 heavy (non-hydrogen) atoms. The zero-order valence-electron chi connectivity index (χ0n) is 12.9. The smallest absolute Gasteiger partial charge is 0.0897 e. The second-order valence-corrected chi connectivity index (χ2v) is 5.58. The van der Waals surface area contributed by atoms with Crippen molar-refractivity contribution in [3.8, 4) is 6.07 Å². The number of hydrogen-bond donors (Lipinski definition) is 0. The van der Waals surface area contributed by atoms with Crippen molar-refractivity contribution in [2.24, 2.45) is 0 Å². The molecule has 0 unspecified atom stereocenters. The second kappa shape index (κ2) is 9.00. The molecule has 0 spiro atoms. The summed E-state index contributed by atoms with van der Waals surface area (Å²) in [4.78, 5) is 0. The van der Waals surface area contributed by atoms with Gasteiger partial charge >= 0.3 is 0 Å². The molecular weight excluding hydrogens is 273 g/mol. The van der Waals surface area contributed by atoms with E-state index < -0.39 is 0 Å². The summed E-state index contributed by atoms with van der Waals surface area (Å²) in [6.07, 6.45) is 4.87. The van der Waals surface area contributed by atoms with E-state index in [2.05, 4.69) is 54.6 Å². The maximum absolute atomic E-state index is 12.1. The number of nitrogens with zero attached hydrogens (tertiary/aromatic N) is 1. The summed E-state index contributed by atoms with van der Waals surface area (Å²) in [7, 11) is 0. The Hall–Kier alpha value is -2.14. The third-order valence-electron chi connectivity index (χ3n) is 3.87. The van der Waals surface area contributed by atoms with Crippen LogP contribution in [0.5, 0.6) is 0 Å². The van der Waals surface area contributed by atoms with Crippen LogP contribution in [0, 0.1) is 11.3 Å². The first-order valence-corrected chi connectivity index (χ1v) is 7.90. The first kappa shape index (κ1) is 16.2. The lowest BCUT2D eigenvalue weighted by Crippen LogP contribution is -1.93. The van der Waals surface area contributed by atoms with E-state index in [9.17, 15) is 4.39 Å². The third-order valence-corrected chi connectivity index (χ3v) is 3.87. The second-order valence-electron chi connectivity index (χ2n) is 5.58. The fraction of sp³-hybridized carbons (Fsp3) is 0.350. The van der Waals surface area contributed by atoms with E-state index in [0.29, 0.717) is 12.8 Å². The topological polar surface area (TPSA) is 23.8 Å². The molecule has 2 rings (SSSR count). The molecule has 0 amide bonds. The van der Waals surface area contributed by atoms with Crippen molar-refractivity contribution < 1.29 is 4.39 Å². The summed E-state index contributed by atoms with van der Waals surface area (Å²) < 4.78 is 12.1. The fourth-order valence-corrected chi connectivity index (χ4v) is 2.51. The van der Waals surface area contributed by atoms with Crippen molar-refractivity contribution in [3.63, 3.8) is 0 Å². The Balaban J connectivity index is 1.83. The molecule has 0 bridgehead atoms. The molecule has 0 fully saturated rings. The molecule has 0 heterocycles. The molecule has 0 aliphatic carbocycles. The molecule has 1 nitrogen and oxygen atoms in total. The Kier molecular flexibility index (Phi) is 6.64. The molecule has 0 aromatic heterocycles. The Morgan fingerprint density at radius 1 is 0.682 bits per heavy atom. The molecule has 0 radical (unpaired) electrons. The van der Waals surface area contributed by atoms with E-state index in [1.165, 1.54) is 22.3 Å².